The molecule has 2 bridgehead atoms. The molecule has 1 aromatic heterocycles. The number of rotatable bonds is 1. The van der Waals surface area contributed by atoms with Crippen LogP contribution in [0.25, 0.3) is 0 Å². The highest BCUT2D eigenvalue weighted by molar-refractivity contribution is 5.95. The molecular formula is C16H14N2O. The summed E-state index contributed by atoms with van der Waals surface area (Å²) >= 11 is 0. The third-order valence-electron chi connectivity index (χ3n) is 4.24. The molecule has 4 rings (SSSR count). The molecule has 1 amide bonds. The Kier molecular flexibility index (Phi) is 2.21. The molecular weight excluding hydrogens is 236 g/mol. The van der Waals surface area contributed by atoms with Crippen molar-refractivity contribution >= 4 is 5.91 Å². The lowest BCUT2D eigenvalue weighted by molar-refractivity contribution is 0.0696. The molecule has 1 saturated heterocycles. The Bertz CT molecular complexity index is 607. The van der Waals surface area contributed by atoms with E-state index in [9.17, 15) is 4.79 Å². The summed E-state index contributed by atoms with van der Waals surface area (Å²) in [6.45, 7) is 0. The van der Waals surface area contributed by atoms with Crippen LogP contribution in [0.4, 0.5) is 0 Å². The maximum absolute atomic E-state index is 12.7. The Morgan fingerprint density at radius 3 is 2.32 bits per heavy atom. The number of benzene rings is 1. The zero-order valence-electron chi connectivity index (χ0n) is 10.5. The van der Waals surface area contributed by atoms with Gasteiger partial charge in [-0.25, -0.2) is 0 Å². The fraction of sp³-hybridized carbons (Fsp3) is 0.250. The van der Waals surface area contributed by atoms with Gasteiger partial charge in [0.1, 0.15) is 0 Å². The van der Waals surface area contributed by atoms with Gasteiger partial charge in [0.05, 0.1) is 17.6 Å². The molecule has 0 radical (unpaired) electrons. The molecule has 3 nitrogen and oxygen atoms in total. The van der Waals surface area contributed by atoms with Crippen LogP contribution >= 0.6 is 0 Å². The third kappa shape index (κ3) is 1.44. The van der Waals surface area contributed by atoms with Crippen molar-refractivity contribution in [1.82, 2.24) is 9.88 Å². The van der Waals surface area contributed by atoms with Gasteiger partial charge in [-0.3, -0.25) is 9.78 Å². The number of aromatic nitrogens is 1. The zero-order valence-corrected chi connectivity index (χ0v) is 10.5. The smallest absolute Gasteiger partial charge is 0.256 e. The monoisotopic (exact) mass is 250 g/mol. The van der Waals surface area contributed by atoms with E-state index in [4.69, 9.17) is 0 Å². The van der Waals surface area contributed by atoms with Crippen LogP contribution in [0.5, 0.6) is 0 Å². The SMILES string of the molecule is O=C(c1cccnc1)N1C2CCC1c1ccccc12. The molecule has 0 spiro atoms. The molecule has 2 aliphatic rings. The van der Waals surface area contributed by atoms with Gasteiger partial charge in [-0.2, -0.15) is 0 Å². The maximum atomic E-state index is 12.7. The molecule has 0 N–H and O–H groups in total. The molecule has 0 saturated carbocycles. The topological polar surface area (TPSA) is 33.2 Å². The van der Waals surface area contributed by atoms with Crippen LogP contribution in [0.1, 0.15) is 46.4 Å². The van der Waals surface area contributed by atoms with Gasteiger partial charge in [-0.1, -0.05) is 24.3 Å². The Labute approximate surface area is 111 Å². The summed E-state index contributed by atoms with van der Waals surface area (Å²) in [6, 6.07) is 12.6. The van der Waals surface area contributed by atoms with E-state index < -0.39 is 0 Å². The number of amides is 1. The van der Waals surface area contributed by atoms with Crippen LogP contribution in [-0.4, -0.2) is 15.8 Å². The highest BCUT2D eigenvalue weighted by Crippen LogP contribution is 2.53. The fourth-order valence-electron chi connectivity index (χ4n) is 3.46. The molecule has 2 aromatic rings. The second-order valence-electron chi connectivity index (χ2n) is 5.19. The molecule has 2 unspecified atom stereocenters. The van der Waals surface area contributed by atoms with E-state index in [-0.39, 0.29) is 18.0 Å². The lowest BCUT2D eigenvalue weighted by atomic mass is 9.92. The lowest BCUT2D eigenvalue weighted by Crippen LogP contribution is -2.27. The second-order valence-corrected chi connectivity index (χ2v) is 5.19. The van der Waals surface area contributed by atoms with E-state index in [1.54, 1.807) is 12.4 Å². The van der Waals surface area contributed by atoms with Gasteiger partial charge >= 0.3 is 0 Å². The number of carbonyl (C=O) groups excluding carboxylic acids is 1. The van der Waals surface area contributed by atoms with Crippen LogP contribution < -0.4 is 0 Å². The van der Waals surface area contributed by atoms with Crippen molar-refractivity contribution in [1.29, 1.82) is 0 Å². The standard InChI is InChI=1S/C16H14N2O/c19-16(11-4-3-9-17-10-11)18-14-7-8-15(18)13-6-2-1-5-12(13)14/h1-6,9-10,14-15H,7-8H2. The molecule has 94 valence electrons. The van der Waals surface area contributed by atoms with E-state index in [0.29, 0.717) is 5.56 Å². The summed E-state index contributed by atoms with van der Waals surface area (Å²) < 4.78 is 0. The highest BCUT2D eigenvalue weighted by atomic mass is 16.2. The Balaban J connectivity index is 1.75. The summed E-state index contributed by atoms with van der Waals surface area (Å²) in [5.41, 5.74) is 3.35. The molecule has 0 aliphatic carbocycles. The average Bonchev–Trinajstić information content (AvgIpc) is 3.04. The fourth-order valence-corrected chi connectivity index (χ4v) is 3.46. The minimum absolute atomic E-state index is 0.108. The summed E-state index contributed by atoms with van der Waals surface area (Å²) in [4.78, 5) is 18.8. The van der Waals surface area contributed by atoms with E-state index in [1.165, 1.54) is 11.1 Å². The predicted octanol–water partition coefficient (Wildman–Crippen LogP) is 3.11. The van der Waals surface area contributed by atoms with Gasteiger partial charge in [0.15, 0.2) is 0 Å². The Morgan fingerprint density at radius 2 is 1.74 bits per heavy atom. The number of pyridine rings is 1. The Morgan fingerprint density at radius 1 is 1.05 bits per heavy atom. The largest absolute Gasteiger partial charge is 0.324 e. The van der Waals surface area contributed by atoms with E-state index in [2.05, 4.69) is 29.2 Å². The van der Waals surface area contributed by atoms with E-state index in [0.717, 1.165) is 12.8 Å². The van der Waals surface area contributed by atoms with Crippen molar-refractivity contribution in [3.8, 4) is 0 Å². The first-order valence-corrected chi connectivity index (χ1v) is 6.68. The predicted molar refractivity (Wildman–Crippen MR) is 71.6 cm³/mol. The van der Waals surface area contributed by atoms with E-state index >= 15 is 0 Å². The van der Waals surface area contributed by atoms with Crippen LogP contribution in [-0.2, 0) is 0 Å². The minimum Gasteiger partial charge on any atom is -0.324 e. The molecule has 19 heavy (non-hydrogen) atoms. The van der Waals surface area contributed by atoms with Gasteiger partial charge in [-0.15, -0.1) is 0 Å². The Hall–Kier alpha value is -2.16. The molecule has 2 atom stereocenters. The lowest BCUT2D eigenvalue weighted by Gasteiger charge is -2.22. The average molecular weight is 250 g/mol. The zero-order chi connectivity index (χ0) is 12.8. The van der Waals surface area contributed by atoms with Crippen molar-refractivity contribution in [2.24, 2.45) is 0 Å². The van der Waals surface area contributed by atoms with Crippen LogP contribution in [0.3, 0.4) is 0 Å². The first kappa shape index (κ1) is 10.7. The first-order valence-electron chi connectivity index (χ1n) is 6.68. The minimum atomic E-state index is 0.108. The van der Waals surface area contributed by atoms with Crippen LogP contribution in [0.15, 0.2) is 48.8 Å². The second kappa shape index (κ2) is 3.92. The summed E-state index contributed by atoms with van der Waals surface area (Å²) in [5, 5.41) is 0. The maximum Gasteiger partial charge on any atom is 0.256 e. The molecule has 2 aliphatic heterocycles. The quantitative estimate of drug-likeness (QED) is 0.779. The van der Waals surface area contributed by atoms with Crippen LogP contribution in [0.2, 0.25) is 0 Å². The number of hydrogen-bond acceptors (Lipinski definition) is 2. The normalized spacial score (nSPS) is 23.5. The molecule has 1 fully saturated rings. The summed E-state index contributed by atoms with van der Waals surface area (Å²) in [6.07, 6.45) is 5.51. The number of nitrogens with zero attached hydrogens (tertiary/aromatic N) is 2. The van der Waals surface area contributed by atoms with Crippen molar-refractivity contribution < 1.29 is 4.79 Å². The van der Waals surface area contributed by atoms with Crippen molar-refractivity contribution in [3.63, 3.8) is 0 Å². The van der Waals surface area contributed by atoms with Gasteiger partial charge in [0.25, 0.3) is 5.91 Å². The number of fused-ring (bicyclic) bond motifs is 5. The highest BCUT2D eigenvalue weighted by Gasteiger charge is 2.46. The molecule has 1 aromatic carbocycles. The van der Waals surface area contributed by atoms with E-state index in [1.807, 2.05) is 17.0 Å². The summed E-state index contributed by atoms with van der Waals surface area (Å²) in [5.74, 6) is 0.108. The van der Waals surface area contributed by atoms with Gasteiger partial charge < -0.3 is 4.90 Å². The van der Waals surface area contributed by atoms with Crippen LogP contribution in [0, 0.1) is 0 Å². The van der Waals surface area contributed by atoms with Gasteiger partial charge in [-0.05, 0) is 36.1 Å². The van der Waals surface area contributed by atoms with Crippen molar-refractivity contribution in [2.75, 3.05) is 0 Å². The van der Waals surface area contributed by atoms with Gasteiger partial charge in [0.2, 0.25) is 0 Å². The third-order valence-corrected chi connectivity index (χ3v) is 4.24. The summed E-state index contributed by atoms with van der Waals surface area (Å²) in [7, 11) is 0. The molecule has 3 heterocycles. The van der Waals surface area contributed by atoms with Crippen molar-refractivity contribution in [2.45, 2.75) is 24.9 Å². The number of carbonyl (C=O) groups is 1. The first-order chi connectivity index (χ1) is 9.36. The van der Waals surface area contributed by atoms with Crippen molar-refractivity contribution in [3.05, 3.63) is 65.5 Å². The molecule has 3 heteroatoms. The number of hydrogen-bond donors (Lipinski definition) is 0. The van der Waals surface area contributed by atoms with Gasteiger partial charge in [0, 0.05) is 12.4 Å².